The zero-order chi connectivity index (χ0) is 22.3. The topological polar surface area (TPSA) is 58.6 Å². The Morgan fingerprint density at radius 1 is 1.20 bits per heavy atom. The number of ether oxygens (including phenoxy) is 1. The van der Waals surface area contributed by atoms with Crippen LogP contribution >= 0.6 is 23.2 Å². The van der Waals surface area contributed by atoms with Crippen molar-refractivity contribution in [1.29, 1.82) is 0 Å². The molecule has 30 heavy (non-hydrogen) atoms. The molecule has 1 unspecified atom stereocenters. The maximum absolute atomic E-state index is 13.6. The van der Waals surface area contributed by atoms with Crippen molar-refractivity contribution in [3.05, 3.63) is 63.1 Å². The Bertz CT molecular complexity index is 993. The summed E-state index contributed by atoms with van der Waals surface area (Å²) < 4.78 is 46.2. The highest BCUT2D eigenvalue weighted by molar-refractivity contribution is 6.34. The van der Waals surface area contributed by atoms with Crippen LogP contribution in [0.5, 0.6) is 0 Å². The van der Waals surface area contributed by atoms with Gasteiger partial charge in [-0.25, -0.2) is 4.79 Å². The maximum atomic E-state index is 13.6. The molecule has 2 aromatic carbocycles. The highest BCUT2D eigenvalue weighted by atomic mass is 35.5. The molecule has 2 amide bonds. The van der Waals surface area contributed by atoms with E-state index in [9.17, 15) is 22.8 Å². The Balaban J connectivity index is 1.95. The predicted octanol–water partition coefficient (Wildman–Crippen LogP) is 5.52. The molecule has 10 heteroatoms. The summed E-state index contributed by atoms with van der Waals surface area (Å²) in [6.45, 7) is 2.52. The number of hydrogen-bond acceptors (Lipinski definition) is 3. The number of rotatable bonds is 4. The van der Waals surface area contributed by atoms with E-state index in [2.05, 4.69) is 5.32 Å². The lowest BCUT2D eigenvalue weighted by Crippen LogP contribution is -2.29. The van der Waals surface area contributed by atoms with Crippen molar-refractivity contribution in [1.82, 2.24) is 5.32 Å². The van der Waals surface area contributed by atoms with Crippen LogP contribution in [0.4, 0.5) is 23.7 Å². The lowest BCUT2D eigenvalue weighted by Gasteiger charge is -2.23. The van der Waals surface area contributed by atoms with Gasteiger partial charge in [0.05, 0.1) is 12.1 Å². The Kier molecular flexibility index (Phi) is 5.93. The number of anilines is 1. The number of nitrogens with zero attached hydrogens (tertiary/aromatic N) is 1. The van der Waals surface area contributed by atoms with Crippen LogP contribution in [0.3, 0.4) is 0 Å². The van der Waals surface area contributed by atoms with Gasteiger partial charge in [0, 0.05) is 34.8 Å². The molecule has 3 rings (SSSR count). The van der Waals surface area contributed by atoms with E-state index in [-0.39, 0.29) is 24.3 Å². The SMILES string of the molecule is CC(=O)NCc1ccc(N2CC(C)(c3cc(Cl)cc(Cl)c3)OC2=O)cc1C(F)(F)F. The zero-order valence-electron chi connectivity index (χ0n) is 15.9. The van der Waals surface area contributed by atoms with Gasteiger partial charge < -0.3 is 10.1 Å². The number of benzene rings is 2. The van der Waals surface area contributed by atoms with Crippen LogP contribution in [0.25, 0.3) is 0 Å². The molecule has 5 nitrogen and oxygen atoms in total. The van der Waals surface area contributed by atoms with Gasteiger partial charge in [-0.05, 0) is 42.8 Å². The fourth-order valence-electron chi connectivity index (χ4n) is 3.22. The van der Waals surface area contributed by atoms with Crippen molar-refractivity contribution >= 4 is 40.9 Å². The molecule has 1 atom stereocenters. The number of alkyl halides is 3. The normalized spacial score (nSPS) is 19.0. The lowest BCUT2D eigenvalue weighted by atomic mass is 9.95. The number of carbonyl (C=O) groups excluding carboxylic acids is 2. The van der Waals surface area contributed by atoms with Crippen LogP contribution in [0.2, 0.25) is 10.0 Å². The quantitative estimate of drug-likeness (QED) is 0.653. The molecular formula is C20H17Cl2F3N2O3. The number of nitrogens with one attached hydrogen (secondary N) is 1. The molecule has 1 aliphatic rings. The van der Waals surface area contributed by atoms with E-state index < -0.39 is 29.3 Å². The molecule has 1 aliphatic heterocycles. The third-order valence-electron chi connectivity index (χ3n) is 4.70. The molecule has 1 fully saturated rings. The number of cyclic esters (lactones) is 1. The van der Waals surface area contributed by atoms with Crippen molar-refractivity contribution in [2.45, 2.75) is 32.2 Å². The minimum atomic E-state index is -4.67. The van der Waals surface area contributed by atoms with Crippen LogP contribution < -0.4 is 10.2 Å². The Labute approximate surface area is 180 Å². The monoisotopic (exact) mass is 460 g/mol. The van der Waals surface area contributed by atoms with Gasteiger partial charge in [-0.2, -0.15) is 13.2 Å². The minimum absolute atomic E-state index is 0.0238. The van der Waals surface area contributed by atoms with Crippen molar-refractivity contribution in [2.75, 3.05) is 11.4 Å². The number of amides is 2. The summed E-state index contributed by atoms with van der Waals surface area (Å²) in [7, 11) is 0. The molecule has 0 bridgehead atoms. The summed E-state index contributed by atoms with van der Waals surface area (Å²) in [5.74, 6) is -0.453. The second-order valence-corrected chi connectivity index (χ2v) is 7.96. The fraction of sp³-hybridized carbons (Fsp3) is 0.300. The standard InChI is InChI=1S/C20H17Cl2F3N2O3/c1-11(28)26-9-12-3-4-16(8-17(12)20(23,24)25)27-10-19(2,30-18(27)29)13-5-14(21)7-15(22)6-13/h3-8H,9-10H2,1-2H3,(H,26,28). The summed E-state index contributed by atoms with van der Waals surface area (Å²) >= 11 is 12.1. The van der Waals surface area contributed by atoms with Crippen LogP contribution in [0, 0.1) is 0 Å². The van der Waals surface area contributed by atoms with E-state index >= 15 is 0 Å². The van der Waals surface area contributed by atoms with Gasteiger partial charge in [0.2, 0.25) is 5.91 Å². The lowest BCUT2D eigenvalue weighted by molar-refractivity contribution is -0.138. The van der Waals surface area contributed by atoms with Gasteiger partial charge >= 0.3 is 12.3 Å². The highest BCUT2D eigenvalue weighted by Crippen LogP contribution is 2.40. The van der Waals surface area contributed by atoms with E-state index in [0.717, 1.165) is 11.0 Å². The summed E-state index contributed by atoms with van der Waals surface area (Å²) in [6, 6.07) is 8.17. The Hall–Kier alpha value is -2.45. The van der Waals surface area contributed by atoms with Crippen LogP contribution in [-0.4, -0.2) is 18.5 Å². The third-order valence-corrected chi connectivity index (χ3v) is 5.14. The van der Waals surface area contributed by atoms with Crippen molar-refractivity contribution in [2.24, 2.45) is 0 Å². The summed E-state index contributed by atoms with van der Waals surface area (Å²) in [6.07, 6.45) is -5.46. The van der Waals surface area contributed by atoms with Crippen molar-refractivity contribution < 1.29 is 27.5 Å². The van der Waals surface area contributed by atoms with Crippen molar-refractivity contribution in [3.63, 3.8) is 0 Å². The van der Waals surface area contributed by atoms with Crippen LogP contribution in [-0.2, 0) is 27.9 Å². The maximum Gasteiger partial charge on any atom is 0.416 e. The molecule has 0 aliphatic carbocycles. The molecule has 1 N–H and O–H groups in total. The first-order valence-corrected chi connectivity index (χ1v) is 9.56. The average molecular weight is 461 g/mol. The smallest absolute Gasteiger partial charge is 0.416 e. The van der Waals surface area contributed by atoms with Gasteiger partial charge in [0.15, 0.2) is 5.60 Å². The third kappa shape index (κ3) is 4.65. The largest absolute Gasteiger partial charge is 0.436 e. The molecular weight excluding hydrogens is 444 g/mol. The van der Waals surface area contributed by atoms with Gasteiger partial charge in [-0.15, -0.1) is 0 Å². The molecule has 0 saturated carbocycles. The molecule has 2 aromatic rings. The van der Waals surface area contributed by atoms with Gasteiger partial charge in [-0.3, -0.25) is 9.69 Å². The molecule has 0 spiro atoms. The first-order chi connectivity index (χ1) is 13.9. The average Bonchev–Trinajstić information content (AvgIpc) is 2.94. The molecule has 0 radical (unpaired) electrons. The molecule has 160 valence electrons. The predicted molar refractivity (Wildman–Crippen MR) is 107 cm³/mol. The van der Waals surface area contributed by atoms with Crippen molar-refractivity contribution in [3.8, 4) is 0 Å². The fourth-order valence-corrected chi connectivity index (χ4v) is 3.75. The van der Waals surface area contributed by atoms with Crippen LogP contribution in [0.15, 0.2) is 36.4 Å². The van der Waals surface area contributed by atoms with Gasteiger partial charge in [0.1, 0.15) is 0 Å². The number of halogens is 5. The first-order valence-electron chi connectivity index (χ1n) is 8.81. The van der Waals surface area contributed by atoms with E-state index in [4.69, 9.17) is 27.9 Å². The zero-order valence-corrected chi connectivity index (χ0v) is 17.5. The van der Waals surface area contributed by atoms with Crippen LogP contribution in [0.1, 0.15) is 30.5 Å². The Morgan fingerprint density at radius 3 is 2.40 bits per heavy atom. The van der Waals surface area contributed by atoms with Gasteiger partial charge in [0.25, 0.3) is 0 Å². The second kappa shape index (κ2) is 8.00. The van der Waals surface area contributed by atoms with E-state index in [1.54, 1.807) is 19.1 Å². The molecule has 1 saturated heterocycles. The highest BCUT2D eigenvalue weighted by Gasteiger charge is 2.44. The number of carbonyl (C=O) groups is 2. The first kappa shape index (κ1) is 22.2. The Morgan fingerprint density at radius 2 is 1.83 bits per heavy atom. The molecule has 0 aromatic heterocycles. The molecule has 1 heterocycles. The minimum Gasteiger partial charge on any atom is -0.436 e. The van der Waals surface area contributed by atoms with Gasteiger partial charge in [-0.1, -0.05) is 29.3 Å². The summed E-state index contributed by atoms with van der Waals surface area (Å²) in [5.41, 5.74) is -1.66. The number of hydrogen-bond donors (Lipinski definition) is 1. The summed E-state index contributed by atoms with van der Waals surface area (Å²) in [5, 5.41) is 3.03. The second-order valence-electron chi connectivity index (χ2n) is 7.09. The van der Waals surface area contributed by atoms with E-state index in [1.165, 1.54) is 25.1 Å². The van der Waals surface area contributed by atoms with E-state index in [0.29, 0.717) is 15.6 Å². The summed E-state index contributed by atoms with van der Waals surface area (Å²) in [4.78, 5) is 24.7. The van der Waals surface area contributed by atoms with E-state index in [1.807, 2.05) is 0 Å².